The number of rotatable bonds is 7. The van der Waals surface area contributed by atoms with Gasteiger partial charge in [-0.1, -0.05) is 32.4 Å². The molecule has 0 unspecified atom stereocenters. The van der Waals surface area contributed by atoms with Gasteiger partial charge in [0, 0.05) is 17.8 Å². The van der Waals surface area contributed by atoms with Crippen LogP contribution in [-0.2, 0) is 19.4 Å². The number of nitrogens with one attached hydrogen (secondary N) is 1. The van der Waals surface area contributed by atoms with Crippen molar-refractivity contribution >= 4 is 11.3 Å². The van der Waals surface area contributed by atoms with E-state index < -0.39 is 0 Å². The van der Waals surface area contributed by atoms with Crippen LogP contribution in [0.3, 0.4) is 0 Å². The van der Waals surface area contributed by atoms with E-state index in [0.29, 0.717) is 6.42 Å². The van der Waals surface area contributed by atoms with Gasteiger partial charge in [0.25, 0.3) is 0 Å². The molecule has 2 rings (SSSR count). The molecule has 20 heavy (non-hydrogen) atoms. The van der Waals surface area contributed by atoms with Crippen LogP contribution < -0.4 is 5.32 Å². The standard InChI is InChI=1S/C16H21FN2S/c1-3-6-14-15(11-18-4-2)20-16(19-14)10-12-7-5-8-13(17)9-12/h5,7-9,18H,3-4,6,10-11H2,1-2H3. The molecule has 0 saturated carbocycles. The lowest BCUT2D eigenvalue weighted by atomic mass is 10.1. The van der Waals surface area contributed by atoms with E-state index in [1.807, 2.05) is 6.07 Å². The van der Waals surface area contributed by atoms with Crippen LogP contribution in [0.4, 0.5) is 4.39 Å². The van der Waals surface area contributed by atoms with E-state index in [1.165, 1.54) is 16.6 Å². The molecule has 0 aliphatic carbocycles. The summed E-state index contributed by atoms with van der Waals surface area (Å²) in [5.41, 5.74) is 2.18. The van der Waals surface area contributed by atoms with Crippen molar-refractivity contribution in [3.05, 3.63) is 51.2 Å². The monoisotopic (exact) mass is 292 g/mol. The Hall–Kier alpha value is -1.26. The second-order valence-corrected chi connectivity index (χ2v) is 5.98. The Morgan fingerprint density at radius 1 is 1.30 bits per heavy atom. The number of nitrogens with zero attached hydrogens (tertiary/aromatic N) is 1. The van der Waals surface area contributed by atoms with Crippen molar-refractivity contribution in [1.82, 2.24) is 10.3 Å². The summed E-state index contributed by atoms with van der Waals surface area (Å²) in [7, 11) is 0. The van der Waals surface area contributed by atoms with Gasteiger partial charge in [0.15, 0.2) is 0 Å². The summed E-state index contributed by atoms with van der Waals surface area (Å²) in [4.78, 5) is 6.05. The molecule has 0 aliphatic rings. The van der Waals surface area contributed by atoms with Crippen LogP contribution in [0.2, 0.25) is 0 Å². The summed E-state index contributed by atoms with van der Waals surface area (Å²) in [5.74, 6) is -0.180. The maximum absolute atomic E-state index is 13.2. The molecule has 0 fully saturated rings. The molecule has 0 atom stereocenters. The fraction of sp³-hybridized carbons (Fsp3) is 0.438. The lowest BCUT2D eigenvalue weighted by Gasteiger charge is -2.00. The van der Waals surface area contributed by atoms with Crippen LogP contribution in [0.5, 0.6) is 0 Å². The Morgan fingerprint density at radius 2 is 2.15 bits per heavy atom. The maximum atomic E-state index is 13.2. The predicted octanol–water partition coefficient (Wildman–Crippen LogP) is 3.94. The van der Waals surface area contributed by atoms with Gasteiger partial charge >= 0.3 is 0 Å². The first-order valence-corrected chi connectivity index (χ1v) is 7.97. The number of aromatic nitrogens is 1. The predicted molar refractivity (Wildman–Crippen MR) is 82.7 cm³/mol. The van der Waals surface area contributed by atoms with Gasteiger partial charge in [-0.2, -0.15) is 0 Å². The van der Waals surface area contributed by atoms with Gasteiger partial charge in [0.1, 0.15) is 5.82 Å². The SMILES string of the molecule is CCCc1nc(Cc2cccc(F)c2)sc1CNCC. The van der Waals surface area contributed by atoms with E-state index in [1.54, 1.807) is 23.5 Å². The van der Waals surface area contributed by atoms with E-state index in [2.05, 4.69) is 19.2 Å². The minimum absolute atomic E-state index is 0.180. The topological polar surface area (TPSA) is 24.9 Å². The van der Waals surface area contributed by atoms with Crippen molar-refractivity contribution in [2.45, 2.75) is 39.7 Å². The second-order valence-electron chi connectivity index (χ2n) is 4.81. The van der Waals surface area contributed by atoms with E-state index in [9.17, 15) is 4.39 Å². The number of hydrogen-bond acceptors (Lipinski definition) is 3. The van der Waals surface area contributed by atoms with Crippen LogP contribution >= 0.6 is 11.3 Å². The summed E-state index contributed by atoms with van der Waals surface area (Å²) >= 11 is 1.74. The second kappa shape index (κ2) is 7.50. The number of thiazole rings is 1. The molecule has 0 radical (unpaired) electrons. The summed E-state index contributed by atoms with van der Waals surface area (Å²) in [6.07, 6.45) is 2.83. The minimum atomic E-state index is -0.180. The summed E-state index contributed by atoms with van der Waals surface area (Å²) in [5, 5.41) is 4.44. The molecule has 0 saturated heterocycles. The molecular weight excluding hydrogens is 271 g/mol. The van der Waals surface area contributed by atoms with Crippen molar-refractivity contribution in [2.75, 3.05) is 6.54 Å². The zero-order chi connectivity index (χ0) is 14.4. The molecule has 0 amide bonds. The van der Waals surface area contributed by atoms with Crippen LogP contribution in [0.15, 0.2) is 24.3 Å². The summed E-state index contributed by atoms with van der Waals surface area (Å²) in [6, 6.07) is 6.77. The van der Waals surface area contributed by atoms with Gasteiger partial charge in [-0.3, -0.25) is 0 Å². The highest BCUT2D eigenvalue weighted by Gasteiger charge is 2.11. The van der Waals surface area contributed by atoms with Gasteiger partial charge < -0.3 is 5.32 Å². The van der Waals surface area contributed by atoms with Crippen molar-refractivity contribution in [3.63, 3.8) is 0 Å². The fourth-order valence-electron chi connectivity index (χ4n) is 2.14. The molecule has 0 bridgehead atoms. The third kappa shape index (κ3) is 4.12. The third-order valence-electron chi connectivity index (χ3n) is 3.09. The number of halogens is 1. The largest absolute Gasteiger partial charge is 0.312 e. The third-order valence-corrected chi connectivity index (χ3v) is 4.19. The van der Waals surface area contributed by atoms with Crippen LogP contribution in [0.25, 0.3) is 0 Å². The maximum Gasteiger partial charge on any atom is 0.123 e. The molecule has 1 aromatic heterocycles. The first-order valence-electron chi connectivity index (χ1n) is 7.15. The Morgan fingerprint density at radius 3 is 2.85 bits per heavy atom. The lowest BCUT2D eigenvalue weighted by molar-refractivity contribution is 0.626. The minimum Gasteiger partial charge on any atom is -0.312 e. The molecule has 1 N–H and O–H groups in total. The van der Waals surface area contributed by atoms with Gasteiger partial charge in [-0.05, 0) is 30.7 Å². The Balaban J connectivity index is 2.15. The van der Waals surface area contributed by atoms with Crippen molar-refractivity contribution in [2.24, 2.45) is 0 Å². The van der Waals surface area contributed by atoms with E-state index in [-0.39, 0.29) is 5.82 Å². The highest BCUT2D eigenvalue weighted by molar-refractivity contribution is 7.11. The van der Waals surface area contributed by atoms with E-state index >= 15 is 0 Å². The van der Waals surface area contributed by atoms with E-state index in [4.69, 9.17) is 4.98 Å². The van der Waals surface area contributed by atoms with Crippen molar-refractivity contribution in [3.8, 4) is 0 Å². The molecule has 2 aromatic rings. The van der Waals surface area contributed by atoms with Crippen molar-refractivity contribution < 1.29 is 4.39 Å². The molecule has 0 aliphatic heterocycles. The zero-order valence-electron chi connectivity index (χ0n) is 12.1. The summed E-state index contributed by atoms with van der Waals surface area (Å²) in [6.45, 7) is 6.12. The van der Waals surface area contributed by atoms with Crippen molar-refractivity contribution in [1.29, 1.82) is 0 Å². The lowest BCUT2D eigenvalue weighted by Crippen LogP contribution is -2.11. The average Bonchev–Trinajstić information content (AvgIpc) is 2.79. The normalized spacial score (nSPS) is 10.9. The van der Waals surface area contributed by atoms with Crippen LogP contribution in [-0.4, -0.2) is 11.5 Å². The van der Waals surface area contributed by atoms with Gasteiger partial charge in [0.05, 0.1) is 10.7 Å². The molecule has 4 heteroatoms. The molecule has 108 valence electrons. The highest BCUT2D eigenvalue weighted by Crippen LogP contribution is 2.22. The Bertz CT molecular complexity index is 551. The van der Waals surface area contributed by atoms with Gasteiger partial charge in [-0.25, -0.2) is 9.37 Å². The average molecular weight is 292 g/mol. The zero-order valence-corrected chi connectivity index (χ0v) is 12.9. The first-order chi connectivity index (χ1) is 9.72. The highest BCUT2D eigenvalue weighted by atomic mass is 32.1. The first kappa shape index (κ1) is 15.1. The molecular formula is C16H21FN2S. The van der Waals surface area contributed by atoms with Crippen LogP contribution in [0.1, 0.15) is 41.4 Å². The number of benzene rings is 1. The molecule has 1 heterocycles. The number of hydrogen-bond donors (Lipinski definition) is 1. The quantitative estimate of drug-likeness (QED) is 0.836. The van der Waals surface area contributed by atoms with Crippen LogP contribution in [0, 0.1) is 5.82 Å². The Kier molecular flexibility index (Phi) is 5.68. The number of aryl methyl sites for hydroxylation is 1. The van der Waals surface area contributed by atoms with Gasteiger partial charge in [-0.15, -0.1) is 11.3 Å². The Labute approximate surface area is 124 Å². The molecule has 2 nitrogen and oxygen atoms in total. The summed E-state index contributed by atoms with van der Waals surface area (Å²) < 4.78 is 13.2. The molecule has 1 aromatic carbocycles. The smallest absolute Gasteiger partial charge is 0.123 e. The van der Waals surface area contributed by atoms with Gasteiger partial charge in [0.2, 0.25) is 0 Å². The molecule has 0 spiro atoms. The fourth-order valence-corrected chi connectivity index (χ4v) is 3.26. The van der Waals surface area contributed by atoms with E-state index in [0.717, 1.165) is 36.5 Å².